The molecule has 0 radical (unpaired) electrons. The Labute approximate surface area is 75.1 Å². The highest BCUT2D eigenvalue weighted by Gasteiger charge is 2.23. The van der Waals surface area contributed by atoms with Crippen molar-refractivity contribution in [2.75, 3.05) is 40.4 Å². The van der Waals surface area contributed by atoms with E-state index in [2.05, 4.69) is 10.2 Å². The molecule has 3 nitrogen and oxygen atoms in total. The van der Waals surface area contributed by atoms with E-state index in [1.54, 1.807) is 7.11 Å². The highest BCUT2D eigenvalue weighted by molar-refractivity contribution is 4.78. The maximum absolute atomic E-state index is 5.17. The summed E-state index contributed by atoms with van der Waals surface area (Å²) in [6, 6.07) is 0.670. The van der Waals surface area contributed by atoms with Gasteiger partial charge in [0.15, 0.2) is 0 Å². The average molecular weight is 172 g/mol. The summed E-state index contributed by atoms with van der Waals surface area (Å²) >= 11 is 0. The molecular formula is C9H20N2O. The van der Waals surface area contributed by atoms with Crippen LogP contribution in [0, 0.1) is 0 Å². The molecule has 72 valence electrons. The Balaban J connectivity index is 2.20. The summed E-state index contributed by atoms with van der Waals surface area (Å²) < 4.78 is 5.17. The zero-order chi connectivity index (χ0) is 8.81. The molecule has 0 aromatic carbocycles. The predicted octanol–water partition coefficient (Wildman–Crippen LogP) is 0.317. The molecule has 1 atom stereocenters. The second-order valence-corrected chi connectivity index (χ2v) is 3.39. The zero-order valence-electron chi connectivity index (χ0n) is 8.18. The Bertz CT molecular complexity index is 119. The maximum Gasteiger partial charge on any atom is 0.0618 e. The van der Waals surface area contributed by atoms with Gasteiger partial charge in [0.2, 0.25) is 0 Å². The van der Waals surface area contributed by atoms with Crippen molar-refractivity contribution in [2.24, 2.45) is 0 Å². The topological polar surface area (TPSA) is 24.5 Å². The summed E-state index contributed by atoms with van der Waals surface area (Å²) in [6.07, 6.45) is 2.63. The Morgan fingerprint density at radius 2 is 2.42 bits per heavy atom. The van der Waals surface area contributed by atoms with E-state index < -0.39 is 0 Å². The van der Waals surface area contributed by atoms with E-state index in [0.29, 0.717) is 6.04 Å². The van der Waals surface area contributed by atoms with E-state index in [1.165, 1.54) is 19.4 Å². The lowest BCUT2D eigenvalue weighted by atomic mass is 10.2. The fraction of sp³-hybridized carbons (Fsp3) is 1.00. The van der Waals surface area contributed by atoms with Gasteiger partial charge in [-0.25, -0.2) is 0 Å². The van der Waals surface area contributed by atoms with Crippen LogP contribution < -0.4 is 5.32 Å². The third-order valence-electron chi connectivity index (χ3n) is 2.51. The monoisotopic (exact) mass is 172 g/mol. The quantitative estimate of drug-likeness (QED) is 0.646. The number of hydrogen-bond donors (Lipinski definition) is 1. The van der Waals surface area contributed by atoms with Gasteiger partial charge in [-0.05, 0) is 26.4 Å². The molecule has 0 spiro atoms. The number of likely N-dealkylation sites (tertiary alicyclic amines) is 1. The second-order valence-electron chi connectivity index (χ2n) is 3.39. The highest BCUT2D eigenvalue weighted by atomic mass is 16.5. The van der Waals surface area contributed by atoms with E-state index in [1.807, 2.05) is 7.05 Å². The molecule has 0 aromatic rings. The molecule has 1 saturated heterocycles. The first-order valence-electron chi connectivity index (χ1n) is 4.76. The smallest absolute Gasteiger partial charge is 0.0618 e. The Kier molecular flexibility index (Phi) is 4.58. The normalized spacial score (nSPS) is 25.0. The molecule has 1 N–H and O–H groups in total. The van der Waals surface area contributed by atoms with Crippen LogP contribution in [-0.2, 0) is 4.74 Å². The third-order valence-corrected chi connectivity index (χ3v) is 2.51. The lowest BCUT2D eigenvalue weighted by molar-refractivity contribution is 0.116. The molecule has 1 fully saturated rings. The highest BCUT2D eigenvalue weighted by Crippen LogP contribution is 2.16. The Morgan fingerprint density at radius 3 is 3.08 bits per heavy atom. The Hall–Kier alpha value is -0.120. The summed E-state index contributed by atoms with van der Waals surface area (Å²) in [6.45, 7) is 4.38. The number of methoxy groups -OCH3 is 1. The number of ether oxygens (including phenoxy) is 1. The molecule has 1 aliphatic rings. The summed E-state index contributed by atoms with van der Waals surface area (Å²) in [5, 5.41) is 3.17. The summed E-state index contributed by atoms with van der Waals surface area (Å²) in [5.41, 5.74) is 0. The van der Waals surface area contributed by atoms with Crippen LogP contribution >= 0.6 is 0 Å². The van der Waals surface area contributed by atoms with Gasteiger partial charge in [-0.3, -0.25) is 4.90 Å². The van der Waals surface area contributed by atoms with Crippen LogP contribution in [0.1, 0.15) is 12.8 Å². The van der Waals surface area contributed by atoms with E-state index in [0.717, 1.165) is 19.7 Å². The maximum atomic E-state index is 5.17. The van der Waals surface area contributed by atoms with Crippen LogP contribution in [0.3, 0.4) is 0 Å². The molecule has 3 heteroatoms. The van der Waals surface area contributed by atoms with Gasteiger partial charge in [-0.15, -0.1) is 0 Å². The van der Waals surface area contributed by atoms with Crippen molar-refractivity contribution in [1.29, 1.82) is 0 Å². The molecule has 0 bridgehead atoms. The molecule has 0 aliphatic carbocycles. The molecule has 0 saturated carbocycles. The first-order chi connectivity index (χ1) is 5.88. The Morgan fingerprint density at radius 1 is 1.58 bits per heavy atom. The minimum absolute atomic E-state index is 0.670. The van der Waals surface area contributed by atoms with Crippen LogP contribution in [0.5, 0.6) is 0 Å². The zero-order valence-corrected chi connectivity index (χ0v) is 8.18. The van der Waals surface area contributed by atoms with Crippen molar-refractivity contribution in [1.82, 2.24) is 10.2 Å². The predicted molar refractivity (Wildman–Crippen MR) is 50.4 cm³/mol. The summed E-state index contributed by atoms with van der Waals surface area (Å²) in [7, 11) is 3.79. The minimum atomic E-state index is 0.670. The van der Waals surface area contributed by atoms with Gasteiger partial charge in [0.1, 0.15) is 0 Å². The van der Waals surface area contributed by atoms with E-state index in [4.69, 9.17) is 4.74 Å². The summed E-state index contributed by atoms with van der Waals surface area (Å²) in [4.78, 5) is 2.51. The van der Waals surface area contributed by atoms with Crippen molar-refractivity contribution in [3.63, 3.8) is 0 Å². The number of hydrogen-bond acceptors (Lipinski definition) is 3. The SMILES string of the molecule is CNCCN1CCC[C@@H]1COC. The van der Waals surface area contributed by atoms with Crippen molar-refractivity contribution >= 4 is 0 Å². The standard InChI is InChI=1S/C9H20N2O/c1-10-5-7-11-6-3-4-9(11)8-12-2/h9-10H,3-8H2,1-2H3/t9-/m1/s1. The fourth-order valence-corrected chi connectivity index (χ4v) is 1.83. The number of nitrogens with zero attached hydrogens (tertiary/aromatic N) is 1. The molecule has 0 unspecified atom stereocenters. The van der Waals surface area contributed by atoms with Crippen molar-refractivity contribution in [2.45, 2.75) is 18.9 Å². The second kappa shape index (κ2) is 5.51. The fourth-order valence-electron chi connectivity index (χ4n) is 1.83. The molecular weight excluding hydrogens is 152 g/mol. The third kappa shape index (κ3) is 2.73. The largest absolute Gasteiger partial charge is 0.383 e. The van der Waals surface area contributed by atoms with Crippen molar-refractivity contribution in [3.8, 4) is 0 Å². The first-order valence-corrected chi connectivity index (χ1v) is 4.76. The van der Waals surface area contributed by atoms with Gasteiger partial charge in [-0.1, -0.05) is 0 Å². The van der Waals surface area contributed by atoms with Gasteiger partial charge < -0.3 is 10.1 Å². The molecule has 1 rings (SSSR count). The molecule has 1 aliphatic heterocycles. The molecule has 0 amide bonds. The van der Waals surface area contributed by atoms with E-state index in [-0.39, 0.29) is 0 Å². The van der Waals surface area contributed by atoms with Crippen LogP contribution in [-0.4, -0.2) is 51.3 Å². The lowest BCUT2D eigenvalue weighted by Crippen LogP contribution is -2.37. The van der Waals surface area contributed by atoms with Crippen LogP contribution in [0.25, 0.3) is 0 Å². The number of likely N-dealkylation sites (N-methyl/N-ethyl adjacent to an activating group) is 1. The molecule has 12 heavy (non-hydrogen) atoms. The minimum Gasteiger partial charge on any atom is -0.383 e. The van der Waals surface area contributed by atoms with Gasteiger partial charge in [0, 0.05) is 26.2 Å². The van der Waals surface area contributed by atoms with E-state index in [9.17, 15) is 0 Å². The van der Waals surface area contributed by atoms with Crippen molar-refractivity contribution in [3.05, 3.63) is 0 Å². The van der Waals surface area contributed by atoms with Crippen LogP contribution in [0.15, 0.2) is 0 Å². The molecule has 0 aromatic heterocycles. The van der Waals surface area contributed by atoms with Crippen molar-refractivity contribution < 1.29 is 4.74 Å². The van der Waals surface area contributed by atoms with E-state index >= 15 is 0 Å². The van der Waals surface area contributed by atoms with Gasteiger partial charge >= 0.3 is 0 Å². The van der Waals surface area contributed by atoms with Gasteiger partial charge in [-0.2, -0.15) is 0 Å². The molecule has 1 heterocycles. The number of nitrogens with one attached hydrogen (secondary N) is 1. The van der Waals surface area contributed by atoms with Crippen LogP contribution in [0.2, 0.25) is 0 Å². The summed E-state index contributed by atoms with van der Waals surface area (Å²) in [5.74, 6) is 0. The average Bonchev–Trinajstić information content (AvgIpc) is 2.50. The van der Waals surface area contributed by atoms with Crippen LogP contribution in [0.4, 0.5) is 0 Å². The lowest BCUT2D eigenvalue weighted by Gasteiger charge is -2.23. The van der Waals surface area contributed by atoms with Gasteiger partial charge in [0.05, 0.1) is 6.61 Å². The van der Waals surface area contributed by atoms with Gasteiger partial charge in [0.25, 0.3) is 0 Å². The first kappa shape index (κ1) is 9.96. The number of rotatable bonds is 5.